The van der Waals surface area contributed by atoms with E-state index < -0.39 is 0 Å². The maximum absolute atomic E-state index is 12.4. The summed E-state index contributed by atoms with van der Waals surface area (Å²) in [5.74, 6) is 1.05. The number of anilines is 4. The highest BCUT2D eigenvalue weighted by molar-refractivity contribution is 5.93. The molecule has 3 aliphatic rings. The molecule has 3 aromatic rings. The van der Waals surface area contributed by atoms with Crippen molar-refractivity contribution in [3.63, 3.8) is 0 Å². The Balaban J connectivity index is 1.30. The number of benzene rings is 1. The second-order valence-corrected chi connectivity index (χ2v) is 10.9. The fourth-order valence-corrected chi connectivity index (χ4v) is 5.68. The monoisotopic (exact) mass is 550 g/mol. The standard InChI is InChI=1S/C32H38N8O/c1-3-4-8-30(41)38-24-14-21(2)13-22(15-24)23-16-25-26(18-36-37-20-28(25)34-17-23)29-19-35-31-27(39-29)9-10-33-32(31)40-11-6-5-7-12-40/h9-10,13-19,35-37,39H,3-8,11-12,20H2,1-2H3,(H,38,41). The number of carbonyl (C=O) groups excluding carboxylic acids is 1. The van der Waals surface area contributed by atoms with Crippen LogP contribution in [0.25, 0.3) is 16.7 Å². The number of nitrogens with one attached hydrogen (secondary N) is 5. The highest BCUT2D eigenvalue weighted by Gasteiger charge is 2.24. The van der Waals surface area contributed by atoms with Gasteiger partial charge in [-0.2, -0.15) is 0 Å². The molecule has 9 nitrogen and oxygen atoms in total. The summed E-state index contributed by atoms with van der Waals surface area (Å²) in [6.07, 6.45) is 13.9. The van der Waals surface area contributed by atoms with Gasteiger partial charge in [-0.3, -0.25) is 9.78 Å². The summed E-state index contributed by atoms with van der Waals surface area (Å²) in [5, 5.41) is 10.3. The van der Waals surface area contributed by atoms with E-state index >= 15 is 0 Å². The molecule has 1 amide bonds. The molecule has 1 fully saturated rings. The minimum atomic E-state index is 0.0487. The molecular weight excluding hydrogens is 512 g/mol. The molecule has 0 aliphatic carbocycles. The Kier molecular flexibility index (Phi) is 7.86. The van der Waals surface area contributed by atoms with Gasteiger partial charge in [-0.05, 0) is 68.0 Å². The van der Waals surface area contributed by atoms with Gasteiger partial charge in [-0.25, -0.2) is 10.4 Å². The number of hydrogen-bond acceptors (Lipinski definition) is 8. The van der Waals surface area contributed by atoms with Crippen LogP contribution in [0.4, 0.5) is 22.9 Å². The first-order valence-corrected chi connectivity index (χ1v) is 14.7. The SMILES string of the molecule is CCCCC(=O)Nc1cc(C)cc(-c2cnc3c(c2)C(C2=CNc4c(ccnc4N4CCCCC4)N2)=CNNC3)c1. The molecule has 9 heteroatoms. The molecule has 2 aromatic heterocycles. The van der Waals surface area contributed by atoms with Gasteiger partial charge in [0, 0.05) is 66.7 Å². The zero-order chi connectivity index (χ0) is 28.2. The molecule has 0 spiro atoms. The number of allylic oxidation sites excluding steroid dienone is 1. The van der Waals surface area contributed by atoms with E-state index in [-0.39, 0.29) is 5.91 Å². The van der Waals surface area contributed by atoms with Crippen molar-refractivity contribution in [1.82, 2.24) is 20.8 Å². The van der Waals surface area contributed by atoms with Crippen LogP contribution in [-0.2, 0) is 11.3 Å². The fraction of sp³-hybridized carbons (Fsp3) is 0.344. The second-order valence-electron chi connectivity index (χ2n) is 10.9. The molecule has 6 rings (SSSR count). The van der Waals surface area contributed by atoms with Crippen molar-refractivity contribution in [3.05, 3.63) is 77.6 Å². The van der Waals surface area contributed by atoms with Crippen molar-refractivity contribution in [2.24, 2.45) is 0 Å². The van der Waals surface area contributed by atoms with E-state index in [9.17, 15) is 4.79 Å². The van der Waals surface area contributed by atoms with Gasteiger partial charge in [-0.15, -0.1) is 0 Å². The van der Waals surface area contributed by atoms with E-state index in [4.69, 9.17) is 9.97 Å². The van der Waals surface area contributed by atoms with E-state index in [1.165, 1.54) is 19.3 Å². The molecule has 5 N–H and O–H groups in total. The Morgan fingerprint density at radius 1 is 1.05 bits per heavy atom. The topological polar surface area (TPSA) is 106 Å². The number of fused-ring (bicyclic) bond motifs is 2. The van der Waals surface area contributed by atoms with Gasteiger partial charge in [0.05, 0.1) is 23.6 Å². The number of amides is 1. The van der Waals surface area contributed by atoms with Crippen LogP contribution in [-0.4, -0.2) is 29.0 Å². The first kappa shape index (κ1) is 26.8. The molecule has 0 unspecified atom stereocenters. The van der Waals surface area contributed by atoms with Crippen LogP contribution in [0.5, 0.6) is 0 Å². The van der Waals surface area contributed by atoms with Crippen LogP contribution in [0.2, 0.25) is 0 Å². The number of rotatable bonds is 7. The molecule has 0 bridgehead atoms. The molecular formula is C32H38N8O. The lowest BCUT2D eigenvalue weighted by Crippen LogP contribution is -2.31. The van der Waals surface area contributed by atoms with Crippen molar-refractivity contribution in [2.45, 2.75) is 58.9 Å². The summed E-state index contributed by atoms with van der Waals surface area (Å²) in [7, 11) is 0. The second kappa shape index (κ2) is 12.0. The third-order valence-electron chi connectivity index (χ3n) is 7.79. The quantitative estimate of drug-likeness (QED) is 0.248. The lowest BCUT2D eigenvalue weighted by atomic mass is 9.96. The Hall–Kier alpha value is -4.37. The number of unbranched alkanes of at least 4 members (excludes halogenated alkanes) is 1. The number of hydrazine groups is 1. The Bertz CT molecular complexity index is 1510. The number of pyridine rings is 2. The predicted molar refractivity (Wildman–Crippen MR) is 166 cm³/mol. The van der Waals surface area contributed by atoms with Crippen LogP contribution >= 0.6 is 0 Å². The maximum Gasteiger partial charge on any atom is 0.224 e. The zero-order valence-corrected chi connectivity index (χ0v) is 23.8. The van der Waals surface area contributed by atoms with Crippen LogP contribution in [0, 0.1) is 6.92 Å². The van der Waals surface area contributed by atoms with Crippen LogP contribution in [0.15, 0.2) is 60.8 Å². The van der Waals surface area contributed by atoms with Crippen molar-refractivity contribution < 1.29 is 4.79 Å². The van der Waals surface area contributed by atoms with Gasteiger partial charge in [0.2, 0.25) is 5.91 Å². The number of piperidine rings is 1. The lowest BCUT2D eigenvalue weighted by Gasteiger charge is -2.31. The Morgan fingerprint density at radius 3 is 2.78 bits per heavy atom. The average Bonchev–Trinajstić information content (AvgIpc) is 3.21. The predicted octanol–water partition coefficient (Wildman–Crippen LogP) is 5.90. The van der Waals surface area contributed by atoms with E-state index in [1.807, 2.05) is 49.9 Å². The minimum absolute atomic E-state index is 0.0487. The average molecular weight is 551 g/mol. The molecule has 0 radical (unpaired) electrons. The zero-order valence-electron chi connectivity index (χ0n) is 23.8. The fourth-order valence-electron chi connectivity index (χ4n) is 5.68. The Labute approximate surface area is 241 Å². The van der Waals surface area contributed by atoms with Crippen LogP contribution in [0.3, 0.4) is 0 Å². The van der Waals surface area contributed by atoms with E-state index in [2.05, 4.69) is 50.8 Å². The van der Waals surface area contributed by atoms with Crippen LogP contribution < -0.4 is 31.7 Å². The highest BCUT2D eigenvalue weighted by Crippen LogP contribution is 2.39. The minimum Gasteiger partial charge on any atom is -0.355 e. The van der Waals surface area contributed by atoms with Crippen LogP contribution in [0.1, 0.15) is 62.3 Å². The van der Waals surface area contributed by atoms with Gasteiger partial charge in [0.25, 0.3) is 0 Å². The van der Waals surface area contributed by atoms with Gasteiger partial charge in [-0.1, -0.05) is 19.4 Å². The summed E-state index contributed by atoms with van der Waals surface area (Å²) in [4.78, 5) is 24.4. The molecule has 1 aromatic carbocycles. The first-order valence-electron chi connectivity index (χ1n) is 14.7. The highest BCUT2D eigenvalue weighted by atomic mass is 16.1. The third kappa shape index (κ3) is 5.90. The summed E-state index contributed by atoms with van der Waals surface area (Å²) in [6.45, 7) is 6.80. The number of aryl methyl sites for hydroxylation is 1. The molecule has 5 heterocycles. The van der Waals surface area contributed by atoms with Crippen molar-refractivity contribution >= 4 is 34.4 Å². The Morgan fingerprint density at radius 2 is 1.93 bits per heavy atom. The van der Waals surface area contributed by atoms with Gasteiger partial charge in [0.1, 0.15) is 5.69 Å². The number of aromatic nitrogens is 2. The first-order chi connectivity index (χ1) is 20.1. The number of hydrogen-bond donors (Lipinski definition) is 5. The smallest absolute Gasteiger partial charge is 0.224 e. The maximum atomic E-state index is 12.4. The van der Waals surface area contributed by atoms with Gasteiger partial charge < -0.3 is 26.3 Å². The van der Waals surface area contributed by atoms with E-state index in [0.717, 1.165) is 88.0 Å². The molecule has 212 valence electrons. The molecule has 0 saturated carbocycles. The summed E-state index contributed by atoms with van der Waals surface area (Å²) < 4.78 is 0. The summed E-state index contributed by atoms with van der Waals surface area (Å²) in [5.41, 5.74) is 16.3. The molecule has 0 atom stereocenters. The molecule has 3 aliphatic heterocycles. The summed E-state index contributed by atoms with van der Waals surface area (Å²) in [6, 6.07) is 10.4. The molecule has 1 saturated heterocycles. The van der Waals surface area contributed by atoms with Gasteiger partial charge in [0.15, 0.2) is 5.82 Å². The third-order valence-corrected chi connectivity index (χ3v) is 7.79. The van der Waals surface area contributed by atoms with Crippen molar-refractivity contribution in [3.8, 4) is 11.1 Å². The number of nitrogens with zero attached hydrogens (tertiary/aromatic N) is 3. The van der Waals surface area contributed by atoms with Crippen molar-refractivity contribution in [2.75, 3.05) is 33.9 Å². The lowest BCUT2D eigenvalue weighted by molar-refractivity contribution is -0.116. The van der Waals surface area contributed by atoms with Gasteiger partial charge >= 0.3 is 0 Å². The van der Waals surface area contributed by atoms with E-state index in [1.54, 1.807) is 0 Å². The van der Waals surface area contributed by atoms with Crippen molar-refractivity contribution in [1.29, 1.82) is 0 Å². The molecule has 41 heavy (non-hydrogen) atoms. The van der Waals surface area contributed by atoms with E-state index in [0.29, 0.717) is 13.0 Å². The largest absolute Gasteiger partial charge is 0.355 e. The number of carbonyl (C=O) groups is 1. The summed E-state index contributed by atoms with van der Waals surface area (Å²) >= 11 is 0. The normalized spacial score (nSPS) is 16.1.